The summed E-state index contributed by atoms with van der Waals surface area (Å²) in [7, 11) is -3.55. The molecule has 1 amide bonds. The number of thiophene rings is 1. The van der Waals surface area contributed by atoms with Crippen LogP contribution in [-0.2, 0) is 27.7 Å². The van der Waals surface area contributed by atoms with E-state index in [2.05, 4.69) is 0 Å². The molecule has 2 aromatic rings. The SMILES string of the molecule is C[C@H]1CCC(Cc2ccsc2)S(=O)(=O)N1Cc1ccc(N2CCN(C(=O)OC(C)(C)C)CC2)cc1F. The second-order valence-corrected chi connectivity index (χ2v) is 13.7. The van der Waals surface area contributed by atoms with Crippen molar-refractivity contribution in [3.8, 4) is 0 Å². The summed E-state index contributed by atoms with van der Waals surface area (Å²) in [6.07, 6.45) is 1.53. The van der Waals surface area contributed by atoms with Gasteiger partial charge in [0, 0.05) is 50.0 Å². The van der Waals surface area contributed by atoms with Gasteiger partial charge in [0.2, 0.25) is 10.0 Å². The predicted molar refractivity (Wildman–Crippen MR) is 141 cm³/mol. The molecular weight excluding hydrogens is 501 g/mol. The van der Waals surface area contributed by atoms with Crippen LogP contribution in [0.3, 0.4) is 0 Å². The molecule has 10 heteroatoms. The minimum atomic E-state index is -3.55. The van der Waals surface area contributed by atoms with Crippen LogP contribution in [0.15, 0.2) is 35.0 Å². The maximum absolute atomic E-state index is 15.2. The molecule has 2 saturated heterocycles. The summed E-state index contributed by atoms with van der Waals surface area (Å²) in [6.45, 7) is 9.57. The highest BCUT2D eigenvalue weighted by molar-refractivity contribution is 7.89. The zero-order valence-corrected chi connectivity index (χ0v) is 23.1. The lowest BCUT2D eigenvalue weighted by molar-refractivity contribution is 0.0240. The Morgan fingerprint density at radius 2 is 1.86 bits per heavy atom. The molecule has 36 heavy (non-hydrogen) atoms. The summed E-state index contributed by atoms with van der Waals surface area (Å²) < 4.78 is 48.9. The van der Waals surface area contributed by atoms with E-state index in [1.165, 1.54) is 10.4 Å². The zero-order valence-electron chi connectivity index (χ0n) is 21.4. The highest BCUT2D eigenvalue weighted by Crippen LogP contribution is 2.32. The molecule has 198 valence electrons. The molecule has 1 aromatic carbocycles. The van der Waals surface area contributed by atoms with Crippen molar-refractivity contribution < 1.29 is 22.3 Å². The third-order valence-corrected chi connectivity index (χ3v) is 9.97. The molecule has 0 bridgehead atoms. The lowest BCUT2D eigenvalue weighted by Gasteiger charge is -2.38. The van der Waals surface area contributed by atoms with Crippen LogP contribution in [0.25, 0.3) is 0 Å². The largest absolute Gasteiger partial charge is 0.444 e. The van der Waals surface area contributed by atoms with Gasteiger partial charge in [0.05, 0.1) is 5.25 Å². The quantitative estimate of drug-likeness (QED) is 0.544. The van der Waals surface area contributed by atoms with E-state index >= 15 is 4.39 Å². The van der Waals surface area contributed by atoms with Gasteiger partial charge in [-0.3, -0.25) is 0 Å². The lowest BCUT2D eigenvalue weighted by Crippen LogP contribution is -2.50. The van der Waals surface area contributed by atoms with E-state index < -0.39 is 26.7 Å². The lowest BCUT2D eigenvalue weighted by atomic mass is 10.1. The van der Waals surface area contributed by atoms with Crippen LogP contribution < -0.4 is 4.90 Å². The summed E-state index contributed by atoms with van der Waals surface area (Å²) in [5.74, 6) is -0.413. The molecule has 1 unspecified atom stereocenters. The number of rotatable bonds is 5. The van der Waals surface area contributed by atoms with Crippen LogP contribution in [0.5, 0.6) is 0 Å². The minimum Gasteiger partial charge on any atom is -0.444 e. The van der Waals surface area contributed by atoms with Gasteiger partial charge in [0.15, 0.2) is 0 Å². The summed E-state index contributed by atoms with van der Waals surface area (Å²) in [6, 6.07) is 6.80. The molecular formula is C26H36FN3O4S2. The van der Waals surface area contributed by atoms with Gasteiger partial charge >= 0.3 is 6.09 Å². The third-order valence-electron chi connectivity index (χ3n) is 6.85. The number of hydrogen-bond acceptors (Lipinski definition) is 6. The van der Waals surface area contributed by atoms with Crippen LogP contribution in [0.4, 0.5) is 14.9 Å². The van der Waals surface area contributed by atoms with Crippen molar-refractivity contribution in [2.24, 2.45) is 0 Å². The second-order valence-electron chi connectivity index (χ2n) is 10.7. The Morgan fingerprint density at radius 1 is 1.14 bits per heavy atom. The Kier molecular flexibility index (Phi) is 7.97. The van der Waals surface area contributed by atoms with E-state index in [-0.39, 0.29) is 18.7 Å². The van der Waals surface area contributed by atoms with Crippen molar-refractivity contribution in [3.63, 3.8) is 0 Å². The fraction of sp³-hybridized carbons (Fsp3) is 0.577. The van der Waals surface area contributed by atoms with Gasteiger partial charge in [-0.15, -0.1) is 0 Å². The first kappa shape index (κ1) is 26.9. The Labute approximate surface area is 217 Å². The average molecular weight is 538 g/mol. The highest BCUT2D eigenvalue weighted by Gasteiger charge is 2.40. The van der Waals surface area contributed by atoms with Gasteiger partial charge in [-0.2, -0.15) is 15.6 Å². The molecule has 3 heterocycles. The number of nitrogens with zero attached hydrogens (tertiary/aromatic N) is 3. The summed E-state index contributed by atoms with van der Waals surface area (Å²) in [5.41, 5.74) is 1.59. The average Bonchev–Trinajstić information content (AvgIpc) is 3.32. The fourth-order valence-corrected chi connectivity index (χ4v) is 7.62. The maximum Gasteiger partial charge on any atom is 0.410 e. The van der Waals surface area contributed by atoms with Crippen LogP contribution in [0, 0.1) is 5.82 Å². The predicted octanol–water partition coefficient (Wildman–Crippen LogP) is 4.87. The van der Waals surface area contributed by atoms with Gasteiger partial charge in [0.1, 0.15) is 11.4 Å². The summed E-state index contributed by atoms with van der Waals surface area (Å²) >= 11 is 1.56. The molecule has 0 saturated carbocycles. The number of sulfonamides is 1. The number of carbonyl (C=O) groups is 1. The highest BCUT2D eigenvalue weighted by atomic mass is 32.2. The zero-order chi connectivity index (χ0) is 26.1. The Balaban J connectivity index is 1.41. The van der Waals surface area contributed by atoms with E-state index in [4.69, 9.17) is 4.74 Å². The van der Waals surface area contributed by atoms with Crippen LogP contribution in [0.1, 0.15) is 51.7 Å². The number of carbonyl (C=O) groups excluding carboxylic acids is 1. The van der Waals surface area contributed by atoms with E-state index in [1.54, 1.807) is 22.3 Å². The molecule has 4 rings (SSSR count). The number of ether oxygens (including phenoxy) is 1. The smallest absolute Gasteiger partial charge is 0.410 e. The number of hydrogen-bond donors (Lipinski definition) is 0. The molecule has 0 radical (unpaired) electrons. The standard InChI is InChI=1S/C26H36FN3O4S2/c1-19-5-8-23(15-20-9-14-35-18-20)36(32,33)30(19)17-21-6-7-22(16-24(21)27)28-10-12-29(13-11-28)25(31)34-26(2,3)4/h6-7,9,14,16,18-19,23H,5,8,10-13,15,17H2,1-4H3/t19-,23?/m0/s1. The van der Waals surface area contributed by atoms with Crippen LogP contribution >= 0.6 is 11.3 Å². The normalized spacial score (nSPS) is 23.0. The summed E-state index contributed by atoms with van der Waals surface area (Å²) in [4.78, 5) is 16.0. The summed E-state index contributed by atoms with van der Waals surface area (Å²) in [5, 5.41) is 3.47. The minimum absolute atomic E-state index is 0.0299. The van der Waals surface area contributed by atoms with Crippen molar-refractivity contribution in [2.75, 3.05) is 31.1 Å². The molecule has 7 nitrogen and oxygen atoms in total. The monoisotopic (exact) mass is 537 g/mol. The van der Waals surface area contributed by atoms with Crippen molar-refractivity contribution in [3.05, 3.63) is 52.0 Å². The Bertz CT molecular complexity index is 1160. The number of halogens is 1. The third kappa shape index (κ3) is 6.20. The topological polar surface area (TPSA) is 70.2 Å². The van der Waals surface area contributed by atoms with Crippen molar-refractivity contribution in [2.45, 2.75) is 70.4 Å². The van der Waals surface area contributed by atoms with Gasteiger partial charge < -0.3 is 14.5 Å². The van der Waals surface area contributed by atoms with E-state index in [1.807, 2.05) is 55.5 Å². The first-order valence-corrected chi connectivity index (χ1v) is 14.9. The number of piperazine rings is 1. The van der Waals surface area contributed by atoms with Crippen LogP contribution in [-0.4, -0.2) is 66.8 Å². The van der Waals surface area contributed by atoms with Crippen molar-refractivity contribution in [1.29, 1.82) is 0 Å². The molecule has 1 aromatic heterocycles. The molecule has 2 aliphatic heterocycles. The Morgan fingerprint density at radius 3 is 2.47 bits per heavy atom. The Hall–Kier alpha value is -2.17. The van der Waals surface area contributed by atoms with E-state index in [9.17, 15) is 13.2 Å². The first-order chi connectivity index (χ1) is 16.9. The fourth-order valence-electron chi connectivity index (χ4n) is 4.79. The van der Waals surface area contributed by atoms with Gasteiger partial charge in [-0.05, 0) is 81.5 Å². The van der Waals surface area contributed by atoms with E-state index in [0.29, 0.717) is 44.6 Å². The van der Waals surface area contributed by atoms with Gasteiger partial charge in [-0.25, -0.2) is 17.6 Å². The maximum atomic E-state index is 15.2. The van der Waals surface area contributed by atoms with Gasteiger partial charge in [0.25, 0.3) is 0 Å². The van der Waals surface area contributed by atoms with Crippen molar-refractivity contribution >= 4 is 33.1 Å². The van der Waals surface area contributed by atoms with Crippen molar-refractivity contribution in [1.82, 2.24) is 9.21 Å². The molecule has 2 atom stereocenters. The number of amides is 1. The second kappa shape index (κ2) is 10.7. The molecule has 0 N–H and O–H groups in total. The number of benzene rings is 1. The molecule has 2 aliphatic rings. The van der Waals surface area contributed by atoms with E-state index in [0.717, 1.165) is 17.7 Å². The molecule has 0 aliphatic carbocycles. The molecule has 2 fully saturated rings. The molecule has 0 spiro atoms. The first-order valence-electron chi connectivity index (χ1n) is 12.5. The van der Waals surface area contributed by atoms with Gasteiger partial charge in [-0.1, -0.05) is 6.07 Å². The van der Waals surface area contributed by atoms with Crippen LogP contribution in [0.2, 0.25) is 0 Å². The number of anilines is 1.